The maximum atomic E-state index is 5.88. The summed E-state index contributed by atoms with van der Waals surface area (Å²) in [7, 11) is 0. The number of rotatable bonds is 6. The summed E-state index contributed by atoms with van der Waals surface area (Å²) in [6.45, 7) is 1.42. The Morgan fingerprint density at radius 3 is 2.95 bits per heavy atom. The Balaban J connectivity index is 2.12. The van der Waals surface area contributed by atoms with Crippen LogP contribution in [-0.2, 0) is 6.54 Å². The van der Waals surface area contributed by atoms with Gasteiger partial charge < -0.3 is 10.6 Å². The van der Waals surface area contributed by atoms with Gasteiger partial charge in [0.2, 0.25) is 0 Å². The molecule has 0 saturated heterocycles. The third kappa shape index (κ3) is 4.41. The standard InChI is InChI=1S/C12H13ClN4S2/c13-10-8-19-12(16-10)17(5-3-11(14)18)7-9-2-1-4-15-6-9/h1-2,4,6,8H,3,5,7H2,(H2,14,18). The van der Waals surface area contributed by atoms with Crippen LogP contribution >= 0.6 is 35.2 Å². The van der Waals surface area contributed by atoms with Crippen molar-refractivity contribution in [3.05, 3.63) is 40.6 Å². The third-order valence-corrected chi connectivity index (χ3v) is 3.89. The lowest BCUT2D eigenvalue weighted by Gasteiger charge is -2.21. The highest BCUT2D eigenvalue weighted by Gasteiger charge is 2.12. The molecule has 0 aliphatic carbocycles. The van der Waals surface area contributed by atoms with Crippen molar-refractivity contribution in [3.63, 3.8) is 0 Å². The van der Waals surface area contributed by atoms with E-state index in [2.05, 4.69) is 14.9 Å². The van der Waals surface area contributed by atoms with Gasteiger partial charge in [-0.2, -0.15) is 0 Å². The molecule has 2 aromatic rings. The Labute approximate surface area is 126 Å². The lowest BCUT2D eigenvalue weighted by atomic mass is 10.2. The summed E-state index contributed by atoms with van der Waals surface area (Å²) in [5.74, 6) is 0. The molecule has 0 unspecified atom stereocenters. The highest BCUT2D eigenvalue weighted by molar-refractivity contribution is 7.80. The van der Waals surface area contributed by atoms with Crippen LogP contribution in [0.15, 0.2) is 29.9 Å². The first kappa shape index (κ1) is 14.2. The van der Waals surface area contributed by atoms with E-state index in [0.29, 0.717) is 29.7 Å². The minimum atomic E-state index is 0.499. The maximum absolute atomic E-state index is 5.88. The van der Waals surface area contributed by atoms with E-state index in [0.717, 1.165) is 10.7 Å². The van der Waals surface area contributed by atoms with E-state index >= 15 is 0 Å². The SMILES string of the molecule is NC(=S)CCN(Cc1cccnc1)c1nc(Cl)cs1. The van der Waals surface area contributed by atoms with Crippen molar-refractivity contribution >= 4 is 45.3 Å². The highest BCUT2D eigenvalue weighted by Crippen LogP contribution is 2.24. The third-order valence-electron chi connectivity index (χ3n) is 2.46. The largest absolute Gasteiger partial charge is 0.393 e. The number of nitrogens with zero attached hydrogens (tertiary/aromatic N) is 3. The van der Waals surface area contributed by atoms with Crippen molar-refractivity contribution in [1.29, 1.82) is 0 Å². The lowest BCUT2D eigenvalue weighted by molar-refractivity contribution is 0.799. The Bertz CT molecular complexity index is 544. The zero-order valence-corrected chi connectivity index (χ0v) is 12.5. The molecule has 2 heterocycles. The number of hydrogen-bond donors (Lipinski definition) is 1. The van der Waals surface area contributed by atoms with Gasteiger partial charge in [0.1, 0.15) is 5.15 Å². The Kier molecular flexibility index (Phi) is 5.07. The van der Waals surface area contributed by atoms with Crippen molar-refractivity contribution in [2.45, 2.75) is 13.0 Å². The predicted octanol–water partition coefficient (Wildman–Crippen LogP) is 2.87. The van der Waals surface area contributed by atoms with E-state index in [-0.39, 0.29) is 0 Å². The Hall–Kier alpha value is -1.24. The van der Waals surface area contributed by atoms with Crippen LogP contribution in [0.3, 0.4) is 0 Å². The molecule has 2 rings (SSSR count). The van der Waals surface area contributed by atoms with Crippen molar-refractivity contribution in [3.8, 4) is 0 Å². The zero-order chi connectivity index (χ0) is 13.7. The molecule has 0 spiro atoms. The molecule has 7 heteroatoms. The molecule has 0 aromatic carbocycles. The van der Waals surface area contributed by atoms with Gasteiger partial charge in [0.05, 0.1) is 4.99 Å². The fourth-order valence-corrected chi connectivity index (χ4v) is 2.66. The monoisotopic (exact) mass is 312 g/mol. The number of halogens is 1. The molecular weight excluding hydrogens is 300 g/mol. The van der Waals surface area contributed by atoms with Crippen LogP contribution in [-0.4, -0.2) is 21.5 Å². The van der Waals surface area contributed by atoms with Crippen LogP contribution in [0.2, 0.25) is 5.15 Å². The lowest BCUT2D eigenvalue weighted by Crippen LogP contribution is -2.27. The molecular formula is C12H13ClN4S2. The van der Waals surface area contributed by atoms with Gasteiger partial charge in [-0.05, 0) is 11.6 Å². The summed E-state index contributed by atoms with van der Waals surface area (Å²) >= 11 is 12.3. The number of aromatic nitrogens is 2. The fraction of sp³-hybridized carbons (Fsp3) is 0.250. The predicted molar refractivity (Wildman–Crippen MR) is 83.8 cm³/mol. The molecule has 0 bridgehead atoms. The molecule has 0 fully saturated rings. The van der Waals surface area contributed by atoms with Gasteiger partial charge in [0, 0.05) is 37.3 Å². The number of anilines is 1. The topological polar surface area (TPSA) is 55.0 Å². The van der Waals surface area contributed by atoms with Crippen molar-refractivity contribution in [2.24, 2.45) is 5.73 Å². The Morgan fingerprint density at radius 1 is 1.53 bits per heavy atom. The van der Waals surface area contributed by atoms with Gasteiger partial charge in [0.25, 0.3) is 0 Å². The molecule has 19 heavy (non-hydrogen) atoms. The van der Waals surface area contributed by atoms with Gasteiger partial charge in [-0.25, -0.2) is 4.98 Å². The van der Waals surface area contributed by atoms with Gasteiger partial charge >= 0.3 is 0 Å². The minimum absolute atomic E-state index is 0.499. The quantitative estimate of drug-likeness (QED) is 0.831. The summed E-state index contributed by atoms with van der Waals surface area (Å²) in [4.78, 5) is 11.0. The average molecular weight is 313 g/mol. The van der Waals surface area contributed by atoms with Crippen LogP contribution < -0.4 is 10.6 Å². The molecule has 2 N–H and O–H groups in total. The van der Waals surface area contributed by atoms with Crippen molar-refractivity contribution in [1.82, 2.24) is 9.97 Å². The molecule has 0 atom stereocenters. The number of hydrogen-bond acceptors (Lipinski definition) is 5. The molecule has 0 aliphatic heterocycles. The highest BCUT2D eigenvalue weighted by atomic mass is 35.5. The van der Waals surface area contributed by atoms with E-state index in [4.69, 9.17) is 29.6 Å². The maximum Gasteiger partial charge on any atom is 0.187 e. The fourth-order valence-electron chi connectivity index (χ4n) is 1.59. The van der Waals surface area contributed by atoms with Crippen LogP contribution in [0, 0.1) is 0 Å². The van der Waals surface area contributed by atoms with Crippen LogP contribution in [0.1, 0.15) is 12.0 Å². The summed E-state index contributed by atoms with van der Waals surface area (Å²) in [5, 5.41) is 3.19. The molecule has 2 aromatic heterocycles. The second-order valence-electron chi connectivity index (χ2n) is 3.95. The molecule has 0 saturated carbocycles. The van der Waals surface area contributed by atoms with E-state index in [1.807, 2.05) is 23.7 Å². The molecule has 0 radical (unpaired) electrons. The average Bonchev–Trinajstić information content (AvgIpc) is 2.82. The van der Waals surface area contributed by atoms with Crippen LogP contribution in [0.5, 0.6) is 0 Å². The number of thiocarbonyl (C=S) groups is 1. The van der Waals surface area contributed by atoms with Gasteiger partial charge in [-0.15, -0.1) is 11.3 Å². The summed E-state index contributed by atoms with van der Waals surface area (Å²) in [5.41, 5.74) is 6.67. The summed E-state index contributed by atoms with van der Waals surface area (Å²) < 4.78 is 0. The number of pyridine rings is 1. The van der Waals surface area contributed by atoms with Gasteiger partial charge in [0.15, 0.2) is 5.13 Å². The zero-order valence-electron chi connectivity index (χ0n) is 10.1. The van der Waals surface area contributed by atoms with E-state index < -0.39 is 0 Å². The van der Waals surface area contributed by atoms with E-state index in [1.54, 1.807) is 6.20 Å². The van der Waals surface area contributed by atoms with Gasteiger partial charge in [-0.3, -0.25) is 4.98 Å². The number of thiazole rings is 1. The molecule has 4 nitrogen and oxygen atoms in total. The van der Waals surface area contributed by atoms with Gasteiger partial charge in [-0.1, -0.05) is 29.9 Å². The first-order valence-corrected chi connectivity index (χ1v) is 7.35. The first-order valence-electron chi connectivity index (χ1n) is 5.68. The first-order chi connectivity index (χ1) is 9.15. The Morgan fingerprint density at radius 2 is 2.37 bits per heavy atom. The van der Waals surface area contributed by atoms with Crippen molar-refractivity contribution in [2.75, 3.05) is 11.4 Å². The van der Waals surface area contributed by atoms with Crippen molar-refractivity contribution < 1.29 is 0 Å². The van der Waals surface area contributed by atoms with Crippen LogP contribution in [0.25, 0.3) is 0 Å². The van der Waals surface area contributed by atoms with E-state index in [1.165, 1.54) is 11.3 Å². The summed E-state index contributed by atoms with van der Waals surface area (Å²) in [6.07, 6.45) is 4.24. The second kappa shape index (κ2) is 6.79. The smallest absolute Gasteiger partial charge is 0.187 e. The summed E-state index contributed by atoms with van der Waals surface area (Å²) in [6, 6.07) is 3.94. The minimum Gasteiger partial charge on any atom is -0.393 e. The second-order valence-corrected chi connectivity index (χ2v) is 5.70. The normalized spacial score (nSPS) is 10.4. The molecule has 0 aliphatic rings. The molecule has 100 valence electrons. The van der Waals surface area contributed by atoms with Crippen LogP contribution in [0.4, 0.5) is 5.13 Å². The molecule has 0 amide bonds. The number of nitrogens with two attached hydrogens (primary N) is 1. The van der Waals surface area contributed by atoms with E-state index in [9.17, 15) is 0 Å².